The number of amides is 1. The molecule has 1 amide bonds. The lowest BCUT2D eigenvalue weighted by Crippen LogP contribution is -2.28. The number of rotatable bonds is 6. The Bertz CT molecular complexity index is 457. The smallest absolute Gasteiger partial charge is 0.253 e. The summed E-state index contributed by atoms with van der Waals surface area (Å²) in [7, 11) is 0. The molecule has 0 aliphatic carbocycles. The van der Waals surface area contributed by atoms with Crippen molar-refractivity contribution >= 4 is 17.3 Å². The fraction of sp³-hybridized carbons (Fsp3) is 0.562. The van der Waals surface area contributed by atoms with Gasteiger partial charge in [0, 0.05) is 19.6 Å². The molecule has 0 unspecified atom stereocenters. The number of nitrogens with one attached hydrogen (secondary N) is 3. The van der Waals surface area contributed by atoms with Gasteiger partial charge in [-0.2, -0.15) is 0 Å². The summed E-state index contributed by atoms with van der Waals surface area (Å²) in [5.41, 5.74) is 2.68. The number of hydrogen-bond donors (Lipinski definition) is 3. The fourth-order valence-electron chi connectivity index (χ4n) is 2.44. The Labute approximate surface area is 121 Å². The maximum absolute atomic E-state index is 12.2. The SMILES string of the molecule is CC(C)CCCCNC(=O)c1cccc2c1NCCN2. The first kappa shape index (κ1) is 14.7. The highest BCUT2D eigenvalue weighted by Crippen LogP contribution is 2.28. The number of fused-ring (bicyclic) bond motifs is 1. The number of benzene rings is 1. The monoisotopic (exact) mass is 275 g/mol. The third kappa shape index (κ3) is 3.89. The summed E-state index contributed by atoms with van der Waals surface area (Å²) in [4.78, 5) is 12.2. The zero-order valence-corrected chi connectivity index (χ0v) is 12.5. The second-order valence-electron chi connectivity index (χ2n) is 5.73. The van der Waals surface area contributed by atoms with Gasteiger partial charge in [0.1, 0.15) is 0 Å². The molecule has 110 valence electrons. The van der Waals surface area contributed by atoms with Crippen molar-refractivity contribution in [2.24, 2.45) is 5.92 Å². The normalized spacial score (nSPS) is 13.3. The predicted molar refractivity (Wildman–Crippen MR) is 84.4 cm³/mol. The van der Waals surface area contributed by atoms with Crippen molar-refractivity contribution in [3.05, 3.63) is 23.8 Å². The lowest BCUT2D eigenvalue weighted by Gasteiger charge is -2.22. The number of carbonyl (C=O) groups excluding carboxylic acids is 1. The van der Waals surface area contributed by atoms with E-state index in [0.717, 1.165) is 48.9 Å². The first-order valence-corrected chi connectivity index (χ1v) is 7.57. The molecule has 0 aromatic heterocycles. The molecule has 0 atom stereocenters. The third-order valence-electron chi connectivity index (χ3n) is 3.55. The largest absolute Gasteiger partial charge is 0.382 e. The van der Waals surface area contributed by atoms with Crippen molar-refractivity contribution < 1.29 is 4.79 Å². The van der Waals surface area contributed by atoms with Gasteiger partial charge in [-0.15, -0.1) is 0 Å². The van der Waals surface area contributed by atoms with E-state index in [4.69, 9.17) is 0 Å². The number of anilines is 2. The molecule has 0 saturated carbocycles. The molecule has 0 bridgehead atoms. The summed E-state index contributed by atoms with van der Waals surface area (Å²) in [6.45, 7) is 6.96. The predicted octanol–water partition coefficient (Wildman–Crippen LogP) is 3.08. The van der Waals surface area contributed by atoms with Gasteiger partial charge in [-0.05, 0) is 24.5 Å². The van der Waals surface area contributed by atoms with E-state index < -0.39 is 0 Å². The lowest BCUT2D eigenvalue weighted by atomic mass is 10.1. The van der Waals surface area contributed by atoms with Crippen LogP contribution in [0.3, 0.4) is 0 Å². The highest BCUT2D eigenvalue weighted by atomic mass is 16.1. The number of para-hydroxylation sites is 1. The molecule has 3 N–H and O–H groups in total. The molecule has 4 nitrogen and oxygen atoms in total. The quantitative estimate of drug-likeness (QED) is 0.699. The van der Waals surface area contributed by atoms with Crippen LogP contribution in [0.4, 0.5) is 11.4 Å². The Kier molecular flexibility index (Phi) is 5.27. The minimum atomic E-state index is 0.0163. The second kappa shape index (κ2) is 7.17. The molecule has 1 aromatic carbocycles. The van der Waals surface area contributed by atoms with E-state index in [1.807, 2.05) is 18.2 Å². The second-order valence-corrected chi connectivity index (χ2v) is 5.73. The van der Waals surface area contributed by atoms with Gasteiger partial charge in [0.2, 0.25) is 0 Å². The zero-order valence-electron chi connectivity index (χ0n) is 12.5. The molecular formula is C16H25N3O. The van der Waals surface area contributed by atoms with Crippen LogP contribution < -0.4 is 16.0 Å². The van der Waals surface area contributed by atoms with E-state index in [9.17, 15) is 4.79 Å². The summed E-state index contributed by atoms with van der Waals surface area (Å²) in [5, 5.41) is 9.63. The van der Waals surface area contributed by atoms with Crippen LogP contribution in [0.1, 0.15) is 43.5 Å². The van der Waals surface area contributed by atoms with Gasteiger partial charge in [0.25, 0.3) is 5.91 Å². The van der Waals surface area contributed by atoms with Crippen molar-refractivity contribution in [3.63, 3.8) is 0 Å². The Morgan fingerprint density at radius 3 is 2.85 bits per heavy atom. The summed E-state index contributed by atoms with van der Waals surface area (Å²) in [6.07, 6.45) is 3.44. The summed E-state index contributed by atoms with van der Waals surface area (Å²) >= 11 is 0. The molecule has 0 spiro atoms. The third-order valence-corrected chi connectivity index (χ3v) is 3.55. The maximum Gasteiger partial charge on any atom is 0.253 e. The number of hydrogen-bond acceptors (Lipinski definition) is 3. The van der Waals surface area contributed by atoms with Gasteiger partial charge in [-0.25, -0.2) is 0 Å². The highest BCUT2D eigenvalue weighted by Gasteiger charge is 2.16. The minimum Gasteiger partial charge on any atom is -0.382 e. The van der Waals surface area contributed by atoms with E-state index >= 15 is 0 Å². The van der Waals surface area contributed by atoms with E-state index in [0.29, 0.717) is 0 Å². The molecule has 1 aliphatic rings. The van der Waals surface area contributed by atoms with Gasteiger partial charge in [-0.1, -0.05) is 32.8 Å². The first-order valence-electron chi connectivity index (χ1n) is 7.57. The van der Waals surface area contributed by atoms with Gasteiger partial charge in [0.05, 0.1) is 16.9 Å². The molecule has 0 radical (unpaired) electrons. The Morgan fingerprint density at radius 1 is 1.25 bits per heavy atom. The molecule has 1 heterocycles. The summed E-state index contributed by atoms with van der Waals surface area (Å²) < 4.78 is 0. The van der Waals surface area contributed by atoms with E-state index in [1.165, 1.54) is 12.8 Å². The molecule has 0 fully saturated rings. The average Bonchev–Trinajstić information content (AvgIpc) is 2.45. The van der Waals surface area contributed by atoms with E-state index in [2.05, 4.69) is 29.8 Å². The van der Waals surface area contributed by atoms with Crippen molar-refractivity contribution in [2.45, 2.75) is 33.1 Å². The van der Waals surface area contributed by atoms with Crippen LogP contribution in [-0.2, 0) is 0 Å². The van der Waals surface area contributed by atoms with Crippen molar-refractivity contribution in [1.29, 1.82) is 0 Å². The van der Waals surface area contributed by atoms with Crippen molar-refractivity contribution in [2.75, 3.05) is 30.3 Å². The zero-order chi connectivity index (χ0) is 14.4. The molecule has 1 aromatic rings. The Morgan fingerprint density at radius 2 is 2.05 bits per heavy atom. The van der Waals surface area contributed by atoms with Crippen LogP contribution in [0.5, 0.6) is 0 Å². The topological polar surface area (TPSA) is 53.2 Å². The van der Waals surface area contributed by atoms with Gasteiger partial charge < -0.3 is 16.0 Å². The summed E-state index contributed by atoms with van der Waals surface area (Å²) in [6, 6.07) is 5.80. The number of unbranched alkanes of at least 4 members (excludes halogenated alkanes) is 1. The van der Waals surface area contributed by atoms with Crippen LogP contribution in [0.15, 0.2) is 18.2 Å². The van der Waals surface area contributed by atoms with Crippen molar-refractivity contribution in [3.8, 4) is 0 Å². The molecule has 0 saturated heterocycles. The van der Waals surface area contributed by atoms with Crippen LogP contribution in [0.25, 0.3) is 0 Å². The van der Waals surface area contributed by atoms with E-state index in [1.54, 1.807) is 0 Å². The van der Waals surface area contributed by atoms with Gasteiger partial charge in [0.15, 0.2) is 0 Å². The maximum atomic E-state index is 12.2. The van der Waals surface area contributed by atoms with Crippen molar-refractivity contribution in [1.82, 2.24) is 5.32 Å². The van der Waals surface area contributed by atoms with Crippen LogP contribution in [-0.4, -0.2) is 25.5 Å². The van der Waals surface area contributed by atoms with Crippen LogP contribution >= 0.6 is 0 Å². The molecule has 1 aliphatic heterocycles. The molecule has 4 heteroatoms. The first-order chi connectivity index (χ1) is 9.68. The van der Waals surface area contributed by atoms with Crippen LogP contribution in [0, 0.1) is 5.92 Å². The minimum absolute atomic E-state index is 0.0163. The van der Waals surface area contributed by atoms with E-state index in [-0.39, 0.29) is 5.91 Å². The molecule has 2 rings (SSSR count). The Hall–Kier alpha value is -1.71. The summed E-state index contributed by atoms with van der Waals surface area (Å²) in [5.74, 6) is 0.754. The molecule has 20 heavy (non-hydrogen) atoms. The fourth-order valence-corrected chi connectivity index (χ4v) is 2.44. The van der Waals surface area contributed by atoms with Crippen LogP contribution in [0.2, 0.25) is 0 Å². The lowest BCUT2D eigenvalue weighted by molar-refractivity contribution is 0.0953. The van der Waals surface area contributed by atoms with Gasteiger partial charge >= 0.3 is 0 Å². The highest BCUT2D eigenvalue weighted by molar-refractivity contribution is 6.02. The number of carbonyl (C=O) groups is 1. The average molecular weight is 275 g/mol. The standard InChI is InChI=1S/C16H25N3O/c1-12(2)6-3-4-9-19-16(20)13-7-5-8-14-15(13)18-11-10-17-14/h5,7-8,12,17-18H,3-4,6,9-11H2,1-2H3,(H,19,20). The molecular weight excluding hydrogens is 250 g/mol. The van der Waals surface area contributed by atoms with Gasteiger partial charge in [-0.3, -0.25) is 4.79 Å². The Balaban J connectivity index is 1.86.